The zero-order valence-corrected chi connectivity index (χ0v) is 24.1. The van der Waals surface area contributed by atoms with Gasteiger partial charge in [0.25, 0.3) is 30.4 Å². The molecule has 6 N–H and O–H groups in total. The zero-order valence-electron chi connectivity index (χ0n) is 20.5. The van der Waals surface area contributed by atoms with Gasteiger partial charge in [-0.3, -0.25) is 13.7 Å². The van der Waals surface area contributed by atoms with Gasteiger partial charge >= 0.3 is 6.08 Å². The Morgan fingerprint density at radius 3 is 2.21 bits per heavy atom. The Balaban J connectivity index is 1.90. The van der Waals surface area contributed by atoms with Gasteiger partial charge in [-0.25, -0.2) is 4.98 Å². The predicted molar refractivity (Wildman–Crippen MR) is 151 cm³/mol. The molecular formula is C21H18FN6O10PS3. The molecule has 0 bridgehead atoms. The van der Waals surface area contributed by atoms with Gasteiger partial charge in [0.15, 0.2) is 0 Å². The molecule has 0 radical (unpaired) electrons. The maximum absolute atomic E-state index is 13.6. The molecule has 0 aliphatic rings. The van der Waals surface area contributed by atoms with Crippen LogP contribution in [-0.2, 0) is 30.4 Å². The second kappa shape index (κ2) is 11.4. The van der Waals surface area contributed by atoms with Gasteiger partial charge in [0.05, 0.1) is 21.4 Å². The Morgan fingerprint density at radius 1 is 0.881 bits per heavy atom. The fraction of sp³-hybridized carbons (Fsp3) is 0.0476. The van der Waals surface area contributed by atoms with Crippen LogP contribution in [0.15, 0.2) is 68.6 Å². The number of anilines is 3. The van der Waals surface area contributed by atoms with Crippen LogP contribution in [0.1, 0.15) is 0 Å². The minimum Gasteiger partial charge on any atom is -0.507 e. The molecular weight excluding hydrogens is 642 g/mol. The smallest absolute Gasteiger partial charge is 0.311 e. The summed E-state index contributed by atoms with van der Waals surface area (Å²) in [7, 11) is -12.1. The van der Waals surface area contributed by atoms with E-state index in [1.165, 1.54) is 24.3 Å². The summed E-state index contributed by atoms with van der Waals surface area (Å²) in [5.74, 6) is -1.82. The second-order valence-corrected chi connectivity index (χ2v) is 13.2. The minimum absolute atomic E-state index is 0.0275. The average Bonchev–Trinajstić information content (AvgIpc) is 2.84. The van der Waals surface area contributed by atoms with Crippen LogP contribution in [0.5, 0.6) is 5.75 Å². The topological polar surface area (TPSA) is 258 Å². The standard InChI is InChI=1S/C21H18FN6O10PS3/c22-21-25-17(8-18(39)26-21)24-11-2-4-16(42(36,37)38)14(6-11)27-28-20-13(23-9-40(30,31)32)3-1-10-5-12(41(33,34)35)7-15(29)19(10)20/h1-8,23,29H,9,39H2,(H,24,25,26)(H,30,31,32)(H,33,34,35)(H,36,37,38). The van der Waals surface area contributed by atoms with Crippen LogP contribution in [0.4, 0.5) is 33.0 Å². The molecule has 0 saturated carbocycles. The number of halogens is 1. The normalized spacial score (nSPS) is 12.6. The lowest BCUT2D eigenvalue weighted by molar-refractivity contribution is 0.471. The number of benzene rings is 3. The maximum atomic E-state index is 13.6. The minimum atomic E-state index is -4.90. The quantitative estimate of drug-likeness (QED) is 0.0653. The SMILES string of the molecule is O=S(=O)(O)CNc1ccc2cc(S(=O)(=O)O)cc(O)c2c1N=Nc1cc(Nc2cc(P)nc(F)n2)ccc1S(=O)(=O)O. The molecule has 0 saturated heterocycles. The number of phenols is 1. The molecule has 3 aromatic carbocycles. The van der Waals surface area contributed by atoms with E-state index in [2.05, 4.69) is 40.1 Å². The van der Waals surface area contributed by atoms with Gasteiger partial charge in [-0.05, 0) is 35.7 Å². The lowest BCUT2D eigenvalue weighted by Gasteiger charge is -2.13. The van der Waals surface area contributed by atoms with Gasteiger partial charge in [-0.2, -0.15) is 34.6 Å². The van der Waals surface area contributed by atoms with E-state index in [9.17, 15) is 43.9 Å². The van der Waals surface area contributed by atoms with Crippen molar-refractivity contribution in [1.82, 2.24) is 9.97 Å². The second-order valence-electron chi connectivity index (χ2n) is 8.31. The van der Waals surface area contributed by atoms with Crippen LogP contribution in [-0.4, -0.2) is 59.9 Å². The Hall–Kier alpha value is -3.91. The van der Waals surface area contributed by atoms with E-state index in [0.717, 1.165) is 18.2 Å². The largest absolute Gasteiger partial charge is 0.507 e. The van der Waals surface area contributed by atoms with Crippen molar-refractivity contribution in [3.8, 4) is 5.75 Å². The first-order chi connectivity index (χ1) is 19.4. The highest BCUT2D eigenvalue weighted by atomic mass is 32.2. The van der Waals surface area contributed by atoms with Crippen molar-refractivity contribution in [1.29, 1.82) is 0 Å². The number of aromatic hydroxyl groups is 1. The maximum Gasteiger partial charge on any atom is 0.311 e. The van der Waals surface area contributed by atoms with E-state index in [0.29, 0.717) is 6.07 Å². The van der Waals surface area contributed by atoms with Crippen molar-refractivity contribution in [3.63, 3.8) is 0 Å². The molecule has 1 unspecified atom stereocenters. The third kappa shape index (κ3) is 7.48. The summed E-state index contributed by atoms with van der Waals surface area (Å²) in [5, 5.41) is 23.2. The summed E-state index contributed by atoms with van der Waals surface area (Å²) < 4.78 is 112. The molecule has 1 heterocycles. The molecule has 0 amide bonds. The van der Waals surface area contributed by atoms with Crippen LogP contribution in [0, 0.1) is 6.08 Å². The number of hydrogen-bond acceptors (Lipinski definition) is 13. The lowest BCUT2D eigenvalue weighted by Crippen LogP contribution is -2.13. The summed E-state index contributed by atoms with van der Waals surface area (Å²) in [4.78, 5) is 5.60. The van der Waals surface area contributed by atoms with E-state index >= 15 is 0 Å². The predicted octanol–water partition coefficient (Wildman–Crippen LogP) is 2.88. The van der Waals surface area contributed by atoms with Gasteiger partial charge in [0.2, 0.25) is 0 Å². The zero-order chi connectivity index (χ0) is 31.0. The van der Waals surface area contributed by atoms with Crippen molar-refractivity contribution in [3.05, 3.63) is 54.6 Å². The number of hydrogen-bond donors (Lipinski definition) is 6. The average molecular weight is 661 g/mol. The third-order valence-electron chi connectivity index (χ3n) is 5.27. The molecule has 0 fully saturated rings. The third-order valence-corrected chi connectivity index (χ3v) is 7.81. The van der Waals surface area contributed by atoms with Crippen LogP contribution in [0.3, 0.4) is 0 Å². The Bertz CT molecular complexity index is 2080. The summed E-state index contributed by atoms with van der Waals surface area (Å²) in [6.45, 7) is 0. The highest BCUT2D eigenvalue weighted by Crippen LogP contribution is 2.42. The number of aromatic nitrogens is 2. The number of fused-ring (bicyclic) bond motifs is 1. The van der Waals surface area contributed by atoms with Crippen molar-refractivity contribution in [2.24, 2.45) is 10.2 Å². The molecule has 21 heteroatoms. The summed E-state index contributed by atoms with van der Waals surface area (Å²) in [6.07, 6.45) is -1.06. The van der Waals surface area contributed by atoms with Crippen LogP contribution < -0.4 is 16.1 Å². The van der Waals surface area contributed by atoms with Crippen LogP contribution in [0.25, 0.3) is 10.8 Å². The van der Waals surface area contributed by atoms with E-state index in [-0.39, 0.29) is 39.1 Å². The van der Waals surface area contributed by atoms with Crippen molar-refractivity contribution in [2.45, 2.75) is 9.79 Å². The Labute approximate surface area is 239 Å². The van der Waals surface area contributed by atoms with E-state index in [1.807, 2.05) is 0 Å². The molecule has 0 aliphatic carbocycles. The lowest BCUT2D eigenvalue weighted by atomic mass is 10.1. The highest BCUT2D eigenvalue weighted by molar-refractivity contribution is 7.86. The number of azo groups is 1. The van der Waals surface area contributed by atoms with E-state index < -0.39 is 63.5 Å². The van der Waals surface area contributed by atoms with E-state index in [4.69, 9.17) is 4.55 Å². The molecule has 4 rings (SSSR count). The molecule has 1 atom stereocenters. The fourth-order valence-electron chi connectivity index (χ4n) is 3.61. The molecule has 0 spiro atoms. The van der Waals surface area contributed by atoms with E-state index in [1.54, 1.807) is 0 Å². The Kier molecular flexibility index (Phi) is 8.43. The van der Waals surface area contributed by atoms with Crippen molar-refractivity contribution >= 4 is 84.4 Å². The monoisotopic (exact) mass is 660 g/mol. The van der Waals surface area contributed by atoms with Crippen molar-refractivity contribution in [2.75, 3.05) is 16.5 Å². The van der Waals surface area contributed by atoms with Crippen molar-refractivity contribution < 1.29 is 48.4 Å². The fourth-order valence-corrected chi connectivity index (χ4v) is 5.35. The molecule has 16 nitrogen and oxygen atoms in total. The van der Waals surface area contributed by atoms with Gasteiger partial charge in [0.1, 0.15) is 33.7 Å². The summed E-state index contributed by atoms with van der Waals surface area (Å²) in [5.41, 5.74) is -0.735. The molecule has 42 heavy (non-hydrogen) atoms. The van der Waals surface area contributed by atoms with Gasteiger partial charge < -0.3 is 15.7 Å². The van der Waals surface area contributed by atoms with Crippen LogP contribution in [0.2, 0.25) is 0 Å². The highest BCUT2D eigenvalue weighted by Gasteiger charge is 2.20. The first-order valence-corrected chi connectivity index (χ1v) is 16.0. The summed E-state index contributed by atoms with van der Waals surface area (Å²) >= 11 is 0. The molecule has 0 aliphatic heterocycles. The molecule has 1 aromatic heterocycles. The summed E-state index contributed by atoms with van der Waals surface area (Å²) in [6, 6.07) is 8.63. The van der Waals surface area contributed by atoms with Gasteiger partial charge in [-0.1, -0.05) is 15.3 Å². The first-order valence-electron chi connectivity index (χ1n) is 11.0. The number of nitrogens with zero attached hydrogens (tertiary/aromatic N) is 4. The number of nitrogens with one attached hydrogen (secondary N) is 2. The van der Waals surface area contributed by atoms with Gasteiger partial charge in [-0.15, -0.1) is 10.2 Å². The Morgan fingerprint density at radius 2 is 1.60 bits per heavy atom. The van der Waals surface area contributed by atoms with Crippen LogP contribution >= 0.6 is 9.24 Å². The number of rotatable bonds is 9. The van der Waals surface area contributed by atoms with Gasteiger partial charge in [0, 0.05) is 17.8 Å². The molecule has 222 valence electrons. The molecule has 4 aromatic rings. The number of phenolic OH excluding ortho intramolecular Hbond substituents is 1. The first kappa shape index (κ1) is 31.0.